The minimum absolute atomic E-state index is 0.0855. The van der Waals surface area contributed by atoms with E-state index in [1.54, 1.807) is 0 Å². The average Bonchev–Trinajstić information content (AvgIpc) is 2.03. The molecular weight excluding hydrogens is 176 g/mol. The van der Waals surface area contributed by atoms with Crippen LogP contribution in [0.4, 0.5) is 11.6 Å². The van der Waals surface area contributed by atoms with E-state index in [4.69, 9.17) is 0 Å². The highest BCUT2D eigenvalue weighted by Gasteiger charge is 2.08. The van der Waals surface area contributed by atoms with Crippen molar-refractivity contribution in [1.29, 1.82) is 0 Å². The number of quaternary nitrogens is 2. The van der Waals surface area contributed by atoms with Gasteiger partial charge in [0.15, 0.2) is 0 Å². The molecule has 6 nitrogen and oxygen atoms in total. The quantitative estimate of drug-likeness (QED) is 0.519. The summed E-state index contributed by atoms with van der Waals surface area (Å²) in [5.41, 5.74) is -0.487. The highest BCUT2D eigenvalue weighted by atomic mass is 16.5. The summed E-state index contributed by atoms with van der Waals surface area (Å²) in [6.45, 7) is 0. The zero-order chi connectivity index (χ0) is 10.0. The van der Waals surface area contributed by atoms with Crippen LogP contribution in [0.25, 0.3) is 0 Å². The van der Waals surface area contributed by atoms with Crippen LogP contribution in [0.5, 0.6) is 0 Å². The molecule has 2 unspecified atom stereocenters. The summed E-state index contributed by atoms with van der Waals surface area (Å²) in [4.78, 5) is 10.8. The van der Waals surface area contributed by atoms with Gasteiger partial charge in [-0.1, -0.05) is 0 Å². The van der Waals surface area contributed by atoms with Gasteiger partial charge in [0.2, 0.25) is 0 Å². The van der Waals surface area contributed by atoms with E-state index in [2.05, 4.69) is 4.42 Å². The first kappa shape index (κ1) is 9.87. The second-order valence-electron chi connectivity index (χ2n) is 2.64. The molecule has 0 radical (unpaired) electrons. The molecule has 0 amide bonds. The van der Waals surface area contributed by atoms with Crippen molar-refractivity contribution in [3.63, 3.8) is 0 Å². The SMILES string of the molecule is C[NH+]([O-])c1cc([NH+](C)[O-])oc(=O)c1. The van der Waals surface area contributed by atoms with Gasteiger partial charge < -0.3 is 25.0 Å². The Labute approximate surface area is 74.1 Å². The summed E-state index contributed by atoms with van der Waals surface area (Å²) < 4.78 is 4.57. The Morgan fingerprint density at radius 3 is 2.31 bits per heavy atom. The molecule has 2 N–H and O–H groups in total. The second kappa shape index (κ2) is 3.67. The Hall–Kier alpha value is -1.21. The highest BCUT2D eigenvalue weighted by molar-refractivity contribution is 5.32. The lowest BCUT2D eigenvalue weighted by Crippen LogP contribution is -3.00. The van der Waals surface area contributed by atoms with Crippen LogP contribution in [0.3, 0.4) is 0 Å². The van der Waals surface area contributed by atoms with Gasteiger partial charge in [-0.25, -0.2) is 4.79 Å². The molecule has 0 aromatic carbocycles. The first-order valence-electron chi connectivity index (χ1n) is 3.68. The standard InChI is InChI=1S/C7H10N2O4/c1-8(11)5-3-6(9(2)12)13-7(10)4-5/h3-4,8-9H,1-2H3. The van der Waals surface area contributed by atoms with Crippen LogP contribution in [0.2, 0.25) is 0 Å². The third-order valence-corrected chi connectivity index (χ3v) is 1.52. The highest BCUT2D eigenvalue weighted by Crippen LogP contribution is 2.02. The molecule has 6 heteroatoms. The largest absolute Gasteiger partial charge is 0.629 e. The van der Waals surface area contributed by atoms with Crippen molar-refractivity contribution in [2.75, 3.05) is 14.1 Å². The average molecular weight is 186 g/mol. The Kier molecular flexibility index (Phi) is 2.79. The van der Waals surface area contributed by atoms with Crippen LogP contribution in [0.1, 0.15) is 0 Å². The molecule has 13 heavy (non-hydrogen) atoms. The fourth-order valence-corrected chi connectivity index (χ4v) is 0.854. The van der Waals surface area contributed by atoms with Crippen molar-refractivity contribution >= 4 is 11.6 Å². The maximum absolute atomic E-state index is 10.9. The Balaban J connectivity index is 3.19. The molecule has 0 saturated heterocycles. The molecule has 1 heterocycles. The number of rotatable bonds is 2. The first-order chi connectivity index (χ1) is 6.00. The third kappa shape index (κ3) is 2.36. The third-order valence-electron chi connectivity index (χ3n) is 1.52. The van der Waals surface area contributed by atoms with E-state index in [1.165, 1.54) is 20.2 Å². The van der Waals surface area contributed by atoms with Gasteiger partial charge in [0.25, 0.3) is 0 Å². The number of hydrogen-bond donors (Lipinski definition) is 2. The molecule has 0 fully saturated rings. The molecule has 1 aromatic heterocycles. The van der Waals surface area contributed by atoms with Crippen molar-refractivity contribution in [1.82, 2.24) is 0 Å². The fraction of sp³-hybridized carbons (Fsp3) is 0.286. The molecule has 0 saturated carbocycles. The predicted octanol–water partition coefficient (Wildman–Crippen LogP) is -2.07. The van der Waals surface area contributed by atoms with Crippen LogP contribution in [-0.4, -0.2) is 14.1 Å². The van der Waals surface area contributed by atoms with Gasteiger partial charge in [-0.3, -0.25) is 0 Å². The molecule has 72 valence electrons. The van der Waals surface area contributed by atoms with Gasteiger partial charge in [-0.05, 0) is 0 Å². The van der Waals surface area contributed by atoms with Gasteiger partial charge in [0.05, 0.1) is 20.2 Å². The van der Waals surface area contributed by atoms with Crippen LogP contribution >= 0.6 is 0 Å². The Morgan fingerprint density at radius 2 is 1.85 bits per heavy atom. The van der Waals surface area contributed by atoms with E-state index >= 15 is 0 Å². The smallest absolute Gasteiger partial charge is 0.346 e. The summed E-state index contributed by atoms with van der Waals surface area (Å²) in [6.07, 6.45) is 0. The van der Waals surface area contributed by atoms with Crippen LogP contribution in [0.15, 0.2) is 21.3 Å². The van der Waals surface area contributed by atoms with Crippen LogP contribution in [-0.2, 0) is 0 Å². The topological polar surface area (TPSA) is 85.2 Å². The van der Waals surface area contributed by atoms with Crippen LogP contribution in [0, 0.1) is 10.4 Å². The zero-order valence-electron chi connectivity index (χ0n) is 7.29. The second-order valence-corrected chi connectivity index (χ2v) is 2.64. The molecular formula is C7H10N2O4. The molecule has 0 aliphatic rings. The predicted molar refractivity (Wildman–Crippen MR) is 44.8 cm³/mol. The number of hydroxylamine groups is 2. The summed E-state index contributed by atoms with van der Waals surface area (Å²) in [5.74, 6) is -0.0855. The molecule has 1 rings (SSSR count). The summed E-state index contributed by atoms with van der Waals surface area (Å²) >= 11 is 0. The zero-order valence-corrected chi connectivity index (χ0v) is 7.29. The van der Waals surface area contributed by atoms with Crippen molar-refractivity contribution in [3.05, 3.63) is 33.0 Å². The van der Waals surface area contributed by atoms with E-state index in [0.717, 1.165) is 6.07 Å². The molecule has 0 bridgehead atoms. The van der Waals surface area contributed by atoms with E-state index in [9.17, 15) is 15.2 Å². The van der Waals surface area contributed by atoms with Gasteiger partial charge in [0.1, 0.15) is 11.8 Å². The van der Waals surface area contributed by atoms with Crippen molar-refractivity contribution in [2.24, 2.45) is 0 Å². The Bertz CT molecular complexity index is 315. The minimum Gasteiger partial charge on any atom is -0.629 e. The van der Waals surface area contributed by atoms with Gasteiger partial charge >= 0.3 is 11.5 Å². The van der Waals surface area contributed by atoms with Gasteiger partial charge in [-0.2, -0.15) is 0 Å². The molecule has 1 aromatic rings. The normalized spacial score (nSPS) is 15.4. The monoisotopic (exact) mass is 186 g/mol. The summed E-state index contributed by atoms with van der Waals surface area (Å²) in [6, 6.07) is 2.33. The lowest BCUT2D eigenvalue weighted by molar-refractivity contribution is -0.765. The molecule has 2 atom stereocenters. The minimum atomic E-state index is -0.682. The van der Waals surface area contributed by atoms with Gasteiger partial charge in [-0.15, -0.1) is 0 Å². The summed E-state index contributed by atoms with van der Waals surface area (Å²) in [7, 11) is 2.58. The van der Waals surface area contributed by atoms with E-state index < -0.39 is 5.63 Å². The van der Waals surface area contributed by atoms with Crippen LogP contribution < -0.4 is 15.8 Å². The van der Waals surface area contributed by atoms with Crippen molar-refractivity contribution in [2.45, 2.75) is 0 Å². The summed E-state index contributed by atoms with van der Waals surface area (Å²) in [5, 5.41) is 21.1. The van der Waals surface area contributed by atoms with E-state index in [-0.39, 0.29) is 21.7 Å². The number of nitrogens with one attached hydrogen (secondary N) is 2. The first-order valence-corrected chi connectivity index (χ1v) is 3.68. The molecule has 0 aliphatic heterocycles. The lowest BCUT2D eigenvalue weighted by Gasteiger charge is -2.17. The van der Waals surface area contributed by atoms with E-state index in [0.29, 0.717) is 0 Å². The maximum atomic E-state index is 10.9. The maximum Gasteiger partial charge on any atom is 0.346 e. The van der Waals surface area contributed by atoms with E-state index in [1.807, 2.05) is 0 Å². The van der Waals surface area contributed by atoms with Crippen molar-refractivity contribution < 1.29 is 14.5 Å². The molecule has 0 aliphatic carbocycles. The number of hydrogen-bond acceptors (Lipinski definition) is 4. The lowest BCUT2D eigenvalue weighted by atomic mass is 10.4. The fourth-order valence-electron chi connectivity index (χ4n) is 0.854. The molecule has 0 spiro atoms. The van der Waals surface area contributed by atoms with Crippen molar-refractivity contribution in [3.8, 4) is 0 Å². The Morgan fingerprint density at radius 1 is 1.23 bits per heavy atom. The van der Waals surface area contributed by atoms with Gasteiger partial charge in [0, 0.05) is 0 Å².